The highest BCUT2D eigenvalue weighted by Gasteiger charge is 2.15. The molecule has 0 spiro atoms. The molecule has 2 aromatic carbocycles. The molecule has 23 heavy (non-hydrogen) atoms. The van der Waals surface area contributed by atoms with Crippen molar-refractivity contribution in [3.63, 3.8) is 0 Å². The fourth-order valence-electron chi connectivity index (χ4n) is 2.46. The van der Waals surface area contributed by atoms with Crippen molar-refractivity contribution in [1.29, 1.82) is 0 Å². The van der Waals surface area contributed by atoms with Crippen molar-refractivity contribution in [2.45, 2.75) is 12.5 Å². The first-order valence-electron chi connectivity index (χ1n) is 7.21. The van der Waals surface area contributed by atoms with Gasteiger partial charge in [-0.1, -0.05) is 42.5 Å². The van der Waals surface area contributed by atoms with Gasteiger partial charge in [0.2, 0.25) is 0 Å². The zero-order valence-electron chi connectivity index (χ0n) is 12.9. The van der Waals surface area contributed by atoms with Crippen molar-refractivity contribution in [1.82, 2.24) is 5.32 Å². The van der Waals surface area contributed by atoms with Crippen LogP contribution in [-0.4, -0.2) is 13.6 Å². The molecule has 0 fully saturated rings. The van der Waals surface area contributed by atoms with Crippen LogP contribution in [0.25, 0.3) is 10.8 Å². The molecule has 0 unspecified atom stereocenters. The minimum atomic E-state index is 0. The quantitative estimate of drug-likeness (QED) is 0.564. The SMILES string of the molecule is Br.CNCC[C@@H](Oc1cccc2ccccc12)c1cccs1.Cl. The van der Waals surface area contributed by atoms with Crippen LogP contribution < -0.4 is 10.1 Å². The summed E-state index contributed by atoms with van der Waals surface area (Å²) in [5.74, 6) is 0.961. The maximum Gasteiger partial charge on any atom is 0.134 e. The van der Waals surface area contributed by atoms with E-state index in [-0.39, 0.29) is 35.5 Å². The number of thiophene rings is 1. The monoisotopic (exact) mass is 413 g/mol. The van der Waals surface area contributed by atoms with Gasteiger partial charge in [0.05, 0.1) is 0 Å². The summed E-state index contributed by atoms with van der Waals surface area (Å²) in [5.41, 5.74) is 0. The number of benzene rings is 2. The van der Waals surface area contributed by atoms with Gasteiger partial charge in [0.1, 0.15) is 11.9 Å². The second-order valence-electron chi connectivity index (χ2n) is 4.99. The average Bonchev–Trinajstić information content (AvgIpc) is 3.06. The third kappa shape index (κ3) is 4.95. The number of fused-ring (bicyclic) bond motifs is 1. The first-order valence-corrected chi connectivity index (χ1v) is 8.09. The Hall–Kier alpha value is -1.07. The molecule has 2 nitrogen and oxygen atoms in total. The molecule has 5 heteroatoms. The normalized spacial score (nSPS) is 11.3. The van der Waals surface area contributed by atoms with Gasteiger partial charge in [0.25, 0.3) is 0 Å². The molecule has 3 rings (SSSR count). The fourth-order valence-corrected chi connectivity index (χ4v) is 3.25. The second-order valence-corrected chi connectivity index (χ2v) is 5.97. The molecule has 0 aliphatic carbocycles. The number of rotatable bonds is 6. The maximum atomic E-state index is 6.34. The second kappa shape index (κ2) is 9.93. The molecule has 124 valence electrons. The first-order chi connectivity index (χ1) is 10.4. The third-order valence-electron chi connectivity index (χ3n) is 3.54. The lowest BCUT2D eigenvalue weighted by molar-refractivity contribution is 0.201. The summed E-state index contributed by atoms with van der Waals surface area (Å²) in [6, 6.07) is 18.8. The summed E-state index contributed by atoms with van der Waals surface area (Å²) in [4.78, 5) is 1.28. The Morgan fingerprint density at radius 2 is 1.83 bits per heavy atom. The lowest BCUT2D eigenvalue weighted by atomic mass is 10.1. The Morgan fingerprint density at radius 3 is 2.57 bits per heavy atom. The summed E-state index contributed by atoms with van der Waals surface area (Å²) in [5, 5.41) is 7.70. The Labute approximate surface area is 158 Å². The van der Waals surface area contributed by atoms with Crippen LogP contribution in [0, 0.1) is 0 Å². The molecular formula is C18H21BrClNOS. The van der Waals surface area contributed by atoms with Crippen LogP contribution in [0.1, 0.15) is 17.4 Å². The van der Waals surface area contributed by atoms with Crippen molar-refractivity contribution >= 4 is 51.5 Å². The molecule has 0 aliphatic heterocycles. The van der Waals surface area contributed by atoms with E-state index in [4.69, 9.17) is 4.74 Å². The highest BCUT2D eigenvalue weighted by molar-refractivity contribution is 8.93. The van der Waals surface area contributed by atoms with E-state index in [1.54, 1.807) is 11.3 Å². The van der Waals surface area contributed by atoms with Gasteiger partial charge in [-0.3, -0.25) is 0 Å². The van der Waals surface area contributed by atoms with Crippen molar-refractivity contribution in [2.24, 2.45) is 0 Å². The molecule has 0 aliphatic rings. The van der Waals surface area contributed by atoms with Crippen molar-refractivity contribution in [3.8, 4) is 5.75 Å². The molecule has 0 amide bonds. The van der Waals surface area contributed by atoms with E-state index in [1.807, 2.05) is 7.05 Å². The van der Waals surface area contributed by atoms with Gasteiger partial charge < -0.3 is 10.1 Å². The zero-order chi connectivity index (χ0) is 14.5. The largest absolute Gasteiger partial charge is 0.484 e. The van der Waals surface area contributed by atoms with Crippen LogP contribution in [0.15, 0.2) is 60.0 Å². The molecule has 0 saturated carbocycles. The maximum absolute atomic E-state index is 6.34. The Morgan fingerprint density at radius 1 is 1.04 bits per heavy atom. The van der Waals surface area contributed by atoms with E-state index in [0.717, 1.165) is 18.7 Å². The van der Waals surface area contributed by atoms with Gasteiger partial charge in [0, 0.05) is 16.7 Å². The van der Waals surface area contributed by atoms with E-state index in [9.17, 15) is 0 Å². The van der Waals surface area contributed by atoms with E-state index in [1.165, 1.54) is 15.6 Å². The van der Waals surface area contributed by atoms with Gasteiger partial charge >= 0.3 is 0 Å². The standard InChI is InChI=1S/C18H19NOS.BrH.ClH/c1-19-12-11-17(18-10-5-13-21-18)20-16-9-4-7-14-6-2-3-8-15(14)16;;/h2-10,13,17,19H,11-12H2,1H3;2*1H/t17-;;/m1../s1. The number of halogens is 2. The Bertz CT molecular complexity index is 700. The molecule has 1 atom stereocenters. The number of hydrogen-bond acceptors (Lipinski definition) is 3. The molecule has 1 N–H and O–H groups in total. The Kier molecular flexibility index (Phi) is 8.63. The average molecular weight is 415 g/mol. The number of hydrogen-bond donors (Lipinski definition) is 1. The zero-order valence-corrected chi connectivity index (χ0v) is 16.2. The summed E-state index contributed by atoms with van der Waals surface area (Å²) in [6.45, 7) is 0.938. The number of ether oxygens (including phenoxy) is 1. The molecule has 1 heterocycles. The first kappa shape index (κ1) is 20.0. The summed E-state index contributed by atoms with van der Waals surface area (Å²) < 4.78 is 6.34. The molecule has 1 aromatic heterocycles. The van der Waals surface area contributed by atoms with Gasteiger partial charge in [0.15, 0.2) is 0 Å². The lowest BCUT2D eigenvalue weighted by Crippen LogP contribution is -2.15. The smallest absolute Gasteiger partial charge is 0.134 e. The fraction of sp³-hybridized carbons (Fsp3) is 0.222. The van der Waals surface area contributed by atoms with Crippen LogP contribution >= 0.6 is 40.7 Å². The van der Waals surface area contributed by atoms with Crippen LogP contribution in [0.2, 0.25) is 0 Å². The van der Waals surface area contributed by atoms with Crippen LogP contribution in [0.4, 0.5) is 0 Å². The van der Waals surface area contributed by atoms with Gasteiger partial charge in [-0.15, -0.1) is 40.7 Å². The van der Waals surface area contributed by atoms with Crippen molar-refractivity contribution in [2.75, 3.05) is 13.6 Å². The highest BCUT2D eigenvalue weighted by Crippen LogP contribution is 2.32. The summed E-state index contributed by atoms with van der Waals surface area (Å²) in [6.07, 6.45) is 1.06. The molecule has 0 radical (unpaired) electrons. The molecule has 3 aromatic rings. The van der Waals surface area contributed by atoms with E-state index in [2.05, 4.69) is 65.3 Å². The van der Waals surface area contributed by atoms with Crippen LogP contribution in [0.3, 0.4) is 0 Å². The van der Waals surface area contributed by atoms with E-state index in [0.29, 0.717) is 0 Å². The highest BCUT2D eigenvalue weighted by atomic mass is 79.9. The van der Waals surface area contributed by atoms with Gasteiger partial charge in [-0.05, 0) is 36.5 Å². The van der Waals surface area contributed by atoms with Crippen molar-refractivity contribution in [3.05, 3.63) is 64.9 Å². The third-order valence-corrected chi connectivity index (χ3v) is 4.50. The molecule has 0 saturated heterocycles. The van der Waals surface area contributed by atoms with Crippen LogP contribution in [-0.2, 0) is 0 Å². The summed E-state index contributed by atoms with van der Waals surface area (Å²) in [7, 11) is 1.98. The minimum Gasteiger partial charge on any atom is -0.484 e. The topological polar surface area (TPSA) is 21.3 Å². The van der Waals surface area contributed by atoms with Crippen molar-refractivity contribution < 1.29 is 4.74 Å². The summed E-state index contributed by atoms with van der Waals surface area (Å²) >= 11 is 1.75. The van der Waals surface area contributed by atoms with E-state index >= 15 is 0 Å². The molecular weight excluding hydrogens is 394 g/mol. The van der Waals surface area contributed by atoms with Gasteiger partial charge in [-0.2, -0.15) is 0 Å². The predicted molar refractivity (Wildman–Crippen MR) is 108 cm³/mol. The minimum absolute atomic E-state index is 0. The lowest BCUT2D eigenvalue weighted by Gasteiger charge is -2.19. The molecule has 0 bridgehead atoms. The van der Waals surface area contributed by atoms with Gasteiger partial charge in [-0.25, -0.2) is 0 Å². The van der Waals surface area contributed by atoms with E-state index < -0.39 is 0 Å². The Balaban J connectivity index is 0.00000132. The number of nitrogens with one attached hydrogen (secondary N) is 1. The van der Waals surface area contributed by atoms with Crippen LogP contribution in [0.5, 0.6) is 5.75 Å². The predicted octanol–water partition coefficient (Wildman–Crippen LogP) is 5.63.